The van der Waals surface area contributed by atoms with Gasteiger partial charge in [-0.25, -0.2) is 4.98 Å². The van der Waals surface area contributed by atoms with Gasteiger partial charge in [0, 0.05) is 30.2 Å². The number of carbonyl (C=O) groups is 2. The van der Waals surface area contributed by atoms with Gasteiger partial charge in [0.1, 0.15) is 11.4 Å². The minimum atomic E-state index is -0.648. The smallest absolute Gasteiger partial charge is 0.254 e. The normalized spacial score (nSPS) is 16.1. The largest absolute Gasteiger partial charge is 0.365 e. The first-order valence-corrected chi connectivity index (χ1v) is 10.9. The molecule has 3 aromatic rings. The van der Waals surface area contributed by atoms with E-state index in [0.29, 0.717) is 36.2 Å². The summed E-state index contributed by atoms with van der Waals surface area (Å²) >= 11 is 0. The van der Waals surface area contributed by atoms with Gasteiger partial charge >= 0.3 is 0 Å². The van der Waals surface area contributed by atoms with Gasteiger partial charge in [0.05, 0.1) is 17.9 Å². The van der Waals surface area contributed by atoms with E-state index < -0.39 is 5.91 Å². The second kappa shape index (κ2) is 8.87. The van der Waals surface area contributed by atoms with Gasteiger partial charge in [0.25, 0.3) is 11.8 Å². The fraction of sp³-hybridized carbons (Fsp3) is 0.318. The Balaban J connectivity index is 1.41. The summed E-state index contributed by atoms with van der Waals surface area (Å²) in [6, 6.07) is 5.77. The number of nitrogens with one attached hydrogen (secondary N) is 4. The molecule has 0 aliphatic carbocycles. The van der Waals surface area contributed by atoms with Crippen molar-refractivity contribution in [3.63, 3.8) is 0 Å². The number of benzene rings is 1. The highest BCUT2D eigenvalue weighted by molar-refractivity contribution is 6.00. The lowest BCUT2D eigenvalue weighted by Gasteiger charge is -2.22. The zero-order chi connectivity index (χ0) is 22.8. The van der Waals surface area contributed by atoms with E-state index in [0.717, 1.165) is 37.2 Å². The van der Waals surface area contributed by atoms with E-state index in [-0.39, 0.29) is 17.3 Å². The molecule has 2 aromatic heterocycles. The first-order valence-electron chi connectivity index (χ1n) is 10.9. The van der Waals surface area contributed by atoms with Crippen molar-refractivity contribution in [1.29, 1.82) is 0 Å². The van der Waals surface area contributed by atoms with Crippen LogP contribution in [-0.2, 0) is 6.42 Å². The second-order valence-corrected chi connectivity index (χ2v) is 8.10. The Morgan fingerprint density at radius 3 is 2.82 bits per heavy atom. The molecule has 0 saturated carbocycles. The first-order chi connectivity index (χ1) is 16.1. The van der Waals surface area contributed by atoms with Crippen molar-refractivity contribution in [2.75, 3.05) is 30.3 Å². The summed E-state index contributed by atoms with van der Waals surface area (Å²) in [5.74, 6) is -0.198. The van der Waals surface area contributed by atoms with E-state index in [9.17, 15) is 9.59 Å². The zero-order valence-electron chi connectivity index (χ0n) is 18.0. The number of nitrogens with zero attached hydrogens (tertiary/aromatic N) is 4. The van der Waals surface area contributed by atoms with Crippen molar-refractivity contribution in [2.24, 2.45) is 5.73 Å². The predicted molar refractivity (Wildman–Crippen MR) is 123 cm³/mol. The Bertz CT molecular complexity index is 1200. The zero-order valence-corrected chi connectivity index (χ0v) is 18.0. The van der Waals surface area contributed by atoms with E-state index in [2.05, 4.69) is 36.3 Å². The van der Waals surface area contributed by atoms with Crippen LogP contribution in [0.2, 0.25) is 0 Å². The number of aromatic nitrogens is 4. The number of anilines is 4. The monoisotopic (exact) mass is 447 g/mol. The van der Waals surface area contributed by atoms with E-state index in [1.807, 2.05) is 16.9 Å². The molecule has 11 nitrogen and oxygen atoms in total. The molecule has 11 heteroatoms. The maximum atomic E-state index is 12.2. The Morgan fingerprint density at radius 2 is 2.00 bits per heavy atom. The molecule has 0 unspecified atom stereocenters. The van der Waals surface area contributed by atoms with Gasteiger partial charge < -0.3 is 27.0 Å². The molecule has 2 amide bonds. The summed E-state index contributed by atoms with van der Waals surface area (Å²) in [5, 5.41) is 17.0. The highest BCUT2D eigenvalue weighted by atomic mass is 16.2. The van der Waals surface area contributed by atoms with Crippen molar-refractivity contribution in [3.05, 3.63) is 53.5 Å². The molecular formula is C22H25N9O2. The van der Waals surface area contributed by atoms with Crippen molar-refractivity contribution in [2.45, 2.75) is 25.3 Å². The summed E-state index contributed by atoms with van der Waals surface area (Å²) < 4.78 is 1.96. The Morgan fingerprint density at radius 1 is 1.15 bits per heavy atom. The molecule has 33 heavy (non-hydrogen) atoms. The first kappa shape index (κ1) is 20.9. The van der Waals surface area contributed by atoms with Crippen LogP contribution in [0.1, 0.15) is 45.2 Å². The number of rotatable bonds is 6. The van der Waals surface area contributed by atoms with Crippen LogP contribution >= 0.6 is 0 Å². The number of nitrogens with two attached hydrogens (primary N) is 1. The fourth-order valence-corrected chi connectivity index (χ4v) is 4.23. The molecule has 6 N–H and O–H groups in total. The van der Waals surface area contributed by atoms with Gasteiger partial charge in [0.2, 0.25) is 5.95 Å². The number of carbonyl (C=O) groups excluding carboxylic acids is 2. The van der Waals surface area contributed by atoms with Crippen LogP contribution in [0, 0.1) is 0 Å². The van der Waals surface area contributed by atoms with Crippen molar-refractivity contribution >= 4 is 35.0 Å². The third kappa shape index (κ3) is 4.35. The average Bonchev–Trinajstić information content (AvgIpc) is 3.29. The van der Waals surface area contributed by atoms with Crippen LogP contribution in [0.5, 0.6) is 0 Å². The van der Waals surface area contributed by atoms with Crippen molar-refractivity contribution in [1.82, 2.24) is 30.4 Å². The molecule has 0 atom stereocenters. The summed E-state index contributed by atoms with van der Waals surface area (Å²) in [7, 11) is 0. The highest BCUT2D eigenvalue weighted by Gasteiger charge is 2.21. The predicted octanol–water partition coefficient (Wildman–Crippen LogP) is 1.47. The van der Waals surface area contributed by atoms with Crippen LogP contribution < -0.4 is 27.0 Å². The van der Waals surface area contributed by atoms with E-state index in [1.165, 1.54) is 6.20 Å². The summed E-state index contributed by atoms with van der Waals surface area (Å²) in [6.45, 7) is 2.50. The maximum absolute atomic E-state index is 12.2. The fourth-order valence-electron chi connectivity index (χ4n) is 4.23. The highest BCUT2D eigenvalue weighted by Crippen LogP contribution is 2.28. The molecule has 1 aromatic carbocycles. The van der Waals surface area contributed by atoms with E-state index >= 15 is 0 Å². The molecule has 5 rings (SSSR count). The molecule has 2 aliphatic heterocycles. The maximum Gasteiger partial charge on any atom is 0.254 e. The van der Waals surface area contributed by atoms with Gasteiger partial charge in [-0.15, -0.1) is 0 Å². The lowest BCUT2D eigenvalue weighted by molar-refractivity contribution is 0.0944. The van der Waals surface area contributed by atoms with Crippen LogP contribution in [0.15, 0.2) is 36.8 Å². The van der Waals surface area contributed by atoms with Crippen LogP contribution in [0.25, 0.3) is 0 Å². The SMILES string of the molecule is NC(=O)c1cnc(Nc2cnn(C3CCNCC3)c2)nc1Nc1cccc2c1CCNC2=O. The van der Waals surface area contributed by atoms with E-state index in [1.54, 1.807) is 18.3 Å². The molecular weight excluding hydrogens is 422 g/mol. The minimum Gasteiger partial charge on any atom is -0.365 e. The van der Waals surface area contributed by atoms with Gasteiger partial charge in [0.15, 0.2) is 0 Å². The number of piperidine rings is 1. The lowest BCUT2D eigenvalue weighted by Crippen LogP contribution is -2.32. The molecule has 0 radical (unpaired) electrons. The van der Waals surface area contributed by atoms with Crippen LogP contribution in [0.3, 0.4) is 0 Å². The van der Waals surface area contributed by atoms with Crippen molar-refractivity contribution < 1.29 is 9.59 Å². The topological polar surface area (TPSA) is 152 Å². The number of hydrogen-bond donors (Lipinski definition) is 5. The van der Waals surface area contributed by atoms with Gasteiger partial charge in [-0.1, -0.05) is 6.07 Å². The molecule has 0 spiro atoms. The standard InChI is InChI=1S/C22H25N9O2/c23-19(32)17-11-26-22(28-13-10-27-31(12-13)14-4-7-24-8-5-14)30-20(17)29-18-3-1-2-16-15(18)6-9-25-21(16)33/h1-3,10-12,14,24H,4-9H2,(H2,23,32)(H,25,33)(H2,26,28,29,30). The summed E-state index contributed by atoms with van der Waals surface area (Å²) in [5.41, 5.74) is 8.63. The molecule has 1 fully saturated rings. The molecule has 4 heterocycles. The number of primary amides is 1. The molecule has 170 valence electrons. The minimum absolute atomic E-state index is 0.120. The molecule has 2 aliphatic rings. The van der Waals surface area contributed by atoms with Crippen LogP contribution in [0.4, 0.5) is 23.1 Å². The Kier molecular flexibility index (Phi) is 5.61. The lowest BCUT2D eigenvalue weighted by atomic mass is 9.98. The number of fused-ring (bicyclic) bond motifs is 1. The van der Waals surface area contributed by atoms with Gasteiger partial charge in [-0.3, -0.25) is 14.3 Å². The quantitative estimate of drug-likeness (QED) is 0.381. The third-order valence-corrected chi connectivity index (χ3v) is 5.93. The second-order valence-electron chi connectivity index (χ2n) is 8.10. The third-order valence-electron chi connectivity index (χ3n) is 5.93. The van der Waals surface area contributed by atoms with Gasteiger partial charge in [-0.2, -0.15) is 10.1 Å². The number of hydrogen-bond acceptors (Lipinski definition) is 8. The van der Waals surface area contributed by atoms with Crippen molar-refractivity contribution in [3.8, 4) is 0 Å². The van der Waals surface area contributed by atoms with Crippen LogP contribution in [-0.4, -0.2) is 51.2 Å². The average molecular weight is 448 g/mol. The van der Waals surface area contributed by atoms with Gasteiger partial charge in [-0.05, 0) is 50.0 Å². The Hall–Kier alpha value is -3.99. The molecule has 1 saturated heterocycles. The van der Waals surface area contributed by atoms with E-state index in [4.69, 9.17) is 5.73 Å². The summed E-state index contributed by atoms with van der Waals surface area (Å²) in [4.78, 5) is 32.9. The molecule has 0 bridgehead atoms. The Labute approximate surface area is 190 Å². The number of amides is 2. The summed E-state index contributed by atoms with van der Waals surface area (Å²) in [6.07, 6.45) is 7.77.